The van der Waals surface area contributed by atoms with E-state index in [2.05, 4.69) is 5.32 Å². The van der Waals surface area contributed by atoms with Gasteiger partial charge < -0.3 is 20.7 Å². The molecule has 2 amide bonds. The quantitative estimate of drug-likeness (QED) is 0.598. The number of ether oxygens (including phenoxy) is 1. The Balaban J connectivity index is 2.32. The van der Waals surface area contributed by atoms with Gasteiger partial charge in [0.05, 0.1) is 12.6 Å². The number of nitrogens with two attached hydrogens (primary N) is 1. The lowest BCUT2D eigenvalue weighted by molar-refractivity contribution is -0.135. The third kappa shape index (κ3) is 5.14. The van der Waals surface area contributed by atoms with E-state index in [-0.39, 0.29) is 11.8 Å². The number of amides is 2. The molecule has 0 saturated carbocycles. The van der Waals surface area contributed by atoms with E-state index in [1.54, 1.807) is 19.1 Å². The van der Waals surface area contributed by atoms with Crippen molar-refractivity contribution in [3.8, 4) is 0 Å². The molecule has 1 aliphatic rings. The van der Waals surface area contributed by atoms with Crippen molar-refractivity contribution in [2.45, 2.75) is 12.5 Å². The molecule has 7 nitrogen and oxygen atoms in total. The van der Waals surface area contributed by atoms with Gasteiger partial charge in [-0.2, -0.15) is 0 Å². The number of hydrogen-bond acceptors (Lipinski definition) is 5. The molecule has 1 fully saturated rings. The van der Waals surface area contributed by atoms with Gasteiger partial charge in [-0.05, 0) is 6.42 Å². The molecule has 7 heteroatoms. The molecule has 0 aromatic heterocycles. The third-order valence-corrected chi connectivity index (χ3v) is 3.28. The number of rotatable bonds is 6. The van der Waals surface area contributed by atoms with Crippen LogP contribution in [0.1, 0.15) is 6.42 Å². The highest BCUT2D eigenvalue weighted by atomic mass is 16.5. The molecule has 0 aromatic rings. The van der Waals surface area contributed by atoms with Crippen LogP contribution in [0.4, 0.5) is 0 Å². The molecule has 3 N–H and O–H groups in total. The Morgan fingerprint density at radius 3 is 2.47 bits per heavy atom. The van der Waals surface area contributed by atoms with Crippen molar-refractivity contribution >= 4 is 11.8 Å². The predicted molar refractivity (Wildman–Crippen MR) is 71.6 cm³/mol. The standard InChI is InChI=1S/C12H24N4O3/c1-14-11(17)9-15-4-6-16(7-5-15)12(18)10(13)3-8-19-2/h10H,3-9,13H2,1-2H3,(H,14,17). The van der Waals surface area contributed by atoms with E-state index < -0.39 is 6.04 Å². The van der Waals surface area contributed by atoms with Crippen LogP contribution in [0.15, 0.2) is 0 Å². The highest BCUT2D eigenvalue weighted by molar-refractivity contribution is 5.82. The van der Waals surface area contributed by atoms with Gasteiger partial charge in [-0.1, -0.05) is 0 Å². The fraction of sp³-hybridized carbons (Fsp3) is 0.833. The zero-order valence-electron chi connectivity index (χ0n) is 11.7. The summed E-state index contributed by atoms with van der Waals surface area (Å²) in [4.78, 5) is 27.1. The molecular weight excluding hydrogens is 248 g/mol. The molecule has 0 spiro atoms. The van der Waals surface area contributed by atoms with Crippen LogP contribution in [0.25, 0.3) is 0 Å². The fourth-order valence-corrected chi connectivity index (χ4v) is 2.01. The monoisotopic (exact) mass is 272 g/mol. The van der Waals surface area contributed by atoms with Crippen LogP contribution in [-0.4, -0.2) is 81.1 Å². The maximum atomic E-state index is 12.0. The molecule has 110 valence electrons. The minimum absolute atomic E-state index is 0.00317. The molecule has 1 aliphatic heterocycles. The summed E-state index contributed by atoms with van der Waals surface area (Å²) in [5, 5.41) is 2.59. The highest BCUT2D eigenvalue weighted by Gasteiger charge is 2.25. The molecule has 1 unspecified atom stereocenters. The van der Waals surface area contributed by atoms with Crippen LogP contribution in [-0.2, 0) is 14.3 Å². The first-order valence-corrected chi connectivity index (χ1v) is 6.54. The van der Waals surface area contributed by atoms with Crippen LogP contribution in [0.2, 0.25) is 0 Å². The van der Waals surface area contributed by atoms with Crippen molar-refractivity contribution in [3.05, 3.63) is 0 Å². The number of carbonyl (C=O) groups is 2. The number of carbonyl (C=O) groups excluding carboxylic acids is 2. The van der Waals surface area contributed by atoms with Gasteiger partial charge in [0, 0.05) is 46.9 Å². The summed E-state index contributed by atoms with van der Waals surface area (Å²) >= 11 is 0. The molecule has 1 atom stereocenters. The van der Waals surface area contributed by atoms with Crippen LogP contribution in [0.5, 0.6) is 0 Å². The Hall–Kier alpha value is -1.18. The Bertz CT molecular complexity index is 303. The molecule has 1 rings (SSSR count). The molecule has 0 aromatic carbocycles. The van der Waals surface area contributed by atoms with Crippen molar-refractivity contribution in [1.82, 2.24) is 15.1 Å². The van der Waals surface area contributed by atoms with Crippen LogP contribution in [0.3, 0.4) is 0 Å². The predicted octanol–water partition coefficient (Wildman–Crippen LogP) is -1.76. The smallest absolute Gasteiger partial charge is 0.239 e. The summed E-state index contributed by atoms with van der Waals surface area (Å²) in [6.45, 7) is 3.52. The number of hydrogen-bond donors (Lipinski definition) is 2. The third-order valence-electron chi connectivity index (χ3n) is 3.28. The largest absolute Gasteiger partial charge is 0.385 e. The van der Waals surface area contributed by atoms with Gasteiger partial charge >= 0.3 is 0 Å². The maximum absolute atomic E-state index is 12.0. The molecule has 19 heavy (non-hydrogen) atoms. The summed E-state index contributed by atoms with van der Waals surface area (Å²) in [6, 6.07) is -0.495. The summed E-state index contributed by atoms with van der Waals surface area (Å²) in [6.07, 6.45) is 0.536. The second kappa shape index (κ2) is 8.08. The van der Waals surface area contributed by atoms with Crippen LogP contribution in [0, 0.1) is 0 Å². The number of piperazine rings is 1. The Morgan fingerprint density at radius 2 is 1.95 bits per heavy atom. The van der Waals surface area contributed by atoms with E-state index in [4.69, 9.17) is 10.5 Å². The van der Waals surface area contributed by atoms with Gasteiger partial charge in [-0.25, -0.2) is 0 Å². The second-order valence-corrected chi connectivity index (χ2v) is 4.66. The molecule has 0 radical (unpaired) electrons. The SMILES string of the molecule is CNC(=O)CN1CCN(C(=O)C(N)CCOC)CC1. The van der Waals surface area contributed by atoms with E-state index in [0.29, 0.717) is 45.8 Å². The van der Waals surface area contributed by atoms with E-state index in [1.165, 1.54) is 0 Å². The number of nitrogens with one attached hydrogen (secondary N) is 1. The van der Waals surface area contributed by atoms with Gasteiger partial charge in [-0.15, -0.1) is 0 Å². The summed E-state index contributed by atoms with van der Waals surface area (Å²) in [5.41, 5.74) is 5.82. The average molecular weight is 272 g/mol. The lowest BCUT2D eigenvalue weighted by Gasteiger charge is -2.35. The summed E-state index contributed by atoms with van der Waals surface area (Å²) < 4.78 is 4.92. The van der Waals surface area contributed by atoms with E-state index >= 15 is 0 Å². The van der Waals surface area contributed by atoms with Gasteiger partial charge in [0.2, 0.25) is 11.8 Å². The van der Waals surface area contributed by atoms with E-state index in [1.807, 2.05) is 4.90 Å². The molecule has 0 aliphatic carbocycles. The minimum Gasteiger partial charge on any atom is -0.385 e. The maximum Gasteiger partial charge on any atom is 0.239 e. The van der Waals surface area contributed by atoms with Crippen molar-refractivity contribution in [2.24, 2.45) is 5.73 Å². The fourth-order valence-electron chi connectivity index (χ4n) is 2.01. The van der Waals surface area contributed by atoms with Crippen LogP contribution < -0.4 is 11.1 Å². The first-order chi connectivity index (χ1) is 9.08. The van der Waals surface area contributed by atoms with Gasteiger partial charge in [0.1, 0.15) is 0 Å². The lowest BCUT2D eigenvalue weighted by atomic mass is 10.2. The van der Waals surface area contributed by atoms with Gasteiger partial charge in [-0.3, -0.25) is 14.5 Å². The van der Waals surface area contributed by atoms with Gasteiger partial charge in [0.25, 0.3) is 0 Å². The summed E-state index contributed by atoms with van der Waals surface area (Å²) in [5.74, 6) is -0.0341. The van der Waals surface area contributed by atoms with Gasteiger partial charge in [0.15, 0.2) is 0 Å². The summed E-state index contributed by atoms with van der Waals surface area (Å²) in [7, 11) is 3.21. The Morgan fingerprint density at radius 1 is 1.32 bits per heavy atom. The van der Waals surface area contributed by atoms with Crippen molar-refractivity contribution in [1.29, 1.82) is 0 Å². The Kier molecular flexibility index (Phi) is 6.75. The molecule has 0 bridgehead atoms. The number of methoxy groups -OCH3 is 1. The Labute approximate surface area is 114 Å². The number of likely N-dealkylation sites (N-methyl/N-ethyl adjacent to an activating group) is 1. The second-order valence-electron chi connectivity index (χ2n) is 4.66. The topological polar surface area (TPSA) is 87.9 Å². The first-order valence-electron chi connectivity index (χ1n) is 6.54. The first kappa shape index (κ1) is 15.9. The van der Waals surface area contributed by atoms with E-state index in [9.17, 15) is 9.59 Å². The molecule has 1 saturated heterocycles. The average Bonchev–Trinajstić information content (AvgIpc) is 2.44. The van der Waals surface area contributed by atoms with Crippen molar-refractivity contribution in [2.75, 3.05) is 53.5 Å². The van der Waals surface area contributed by atoms with E-state index in [0.717, 1.165) is 0 Å². The highest BCUT2D eigenvalue weighted by Crippen LogP contribution is 2.04. The van der Waals surface area contributed by atoms with Crippen molar-refractivity contribution < 1.29 is 14.3 Å². The minimum atomic E-state index is -0.495. The molecular formula is C12H24N4O3. The number of nitrogens with zero attached hydrogens (tertiary/aromatic N) is 2. The zero-order valence-corrected chi connectivity index (χ0v) is 11.7. The van der Waals surface area contributed by atoms with Crippen LogP contribution >= 0.6 is 0 Å². The molecule has 1 heterocycles. The zero-order chi connectivity index (χ0) is 14.3. The lowest BCUT2D eigenvalue weighted by Crippen LogP contribution is -2.54. The van der Waals surface area contributed by atoms with Crippen molar-refractivity contribution in [3.63, 3.8) is 0 Å². The normalized spacial score (nSPS) is 18.2.